The number of hydrogen-bond acceptors (Lipinski definition) is 2. The highest BCUT2D eigenvalue weighted by Crippen LogP contribution is 2.52. The van der Waals surface area contributed by atoms with Crippen molar-refractivity contribution in [3.05, 3.63) is 35.4 Å². The van der Waals surface area contributed by atoms with Crippen molar-refractivity contribution < 1.29 is 9.59 Å². The van der Waals surface area contributed by atoms with Crippen LogP contribution in [0, 0.1) is 5.92 Å². The molecule has 1 aliphatic heterocycles. The smallest absolute Gasteiger partial charge is 0.254 e. The van der Waals surface area contributed by atoms with E-state index in [1.54, 1.807) is 0 Å². The van der Waals surface area contributed by atoms with E-state index < -0.39 is 0 Å². The van der Waals surface area contributed by atoms with E-state index in [1.807, 2.05) is 24.3 Å². The van der Waals surface area contributed by atoms with Crippen LogP contribution < -0.4 is 5.32 Å². The Morgan fingerprint density at radius 2 is 1.82 bits per heavy atom. The molecule has 0 bridgehead atoms. The van der Waals surface area contributed by atoms with Gasteiger partial charge in [-0.2, -0.15) is 0 Å². The van der Waals surface area contributed by atoms with E-state index in [4.69, 9.17) is 0 Å². The van der Waals surface area contributed by atoms with E-state index in [-0.39, 0.29) is 23.3 Å². The van der Waals surface area contributed by atoms with Crippen LogP contribution in [0.5, 0.6) is 0 Å². The molecule has 1 spiro atoms. The number of benzene rings is 1. The third kappa shape index (κ3) is 3.25. The largest absolute Gasteiger partial charge is 0.355 e. The quantitative estimate of drug-likeness (QED) is 0.806. The normalized spacial score (nSPS) is 24.2. The molecular weight excluding hydrogens is 348 g/mol. The van der Waals surface area contributed by atoms with Crippen molar-refractivity contribution in [2.24, 2.45) is 5.92 Å². The number of carbonyl (C=O) groups is 2. The highest BCUT2D eigenvalue weighted by molar-refractivity contribution is 6.02. The fourth-order valence-electron chi connectivity index (χ4n) is 5.88. The highest BCUT2D eigenvalue weighted by Gasteiger charge is 2.57. The molecule has 0 radical (unpaired) electrons. The standard InChI is InChI=1S/C24H34N2O2/c1-17(2)13-16-25-22(27)21-19-11-5-6-12-20(19)23(28)26(18-9-3-4-10-18)24(21)14-7-8-15-24/h5-6,11-12,17-18,21H,3-4,7-10,13-16H2,1-2H3,(H,25,27)/t21-/m1/s1. The summed E-state index contributed by atoms with van der Waals surface area (Å²) in [5, 5.41) is 3.22. The number of nitrogens with zero attached hydrogens (tertiary/aromatic N) is 1. The first kappa shape index (κ1) is 19.5. The maximum atomic E-state index is 13.6. The van der Waals surface area contributed by atoms with Gasteiger partial charge in [-0.1, -0.05) is 57.7 Å². The van der Waals surface area contributed by atoms with Crippen molar-refractivity contribution >= 4 is 11.8 Å². The number of hydrogen-bond donors (Lipinski definition) is 1. The second-order valence-electron chi connectivity index (χ2n) is 9.42. The summed E-state index contributed by atoms with van der Waals surface area (Å²) in [6.07, 6.45) is 9.64. The van der Waals surface area contributed by atoms with Crippen molar-refractivity contribution in [2.75, 3.05) is 6.54 Å². The summed E-state index contributed by atoms with van der Waals surface area (Å²) >= 11 is 0. The minimum atomic E-state index is -0.331. The Morgan fingerprint density at radius 3 is 2.50 bits per heavy atom. The van der Waals surface area contributed by atoms with Gasteiger partial charge in [0.05, 0.1) is 11.5 Å². The minimum Gasteiger partial charge on any atom is -0.355 e. The van der Waals surface area contributed by atoms with E-state index in [0.717, 1.165) is 56.1 Å². The molecular formula is C24H34N2O2. The van der Waals surface area contributed by atoms with Gasteiger partial charge in [-0.15, -0.1) is 0 Å². The van der Waals surface area contributed by atoms with Crippen molar-refractivity contribution in [2.45, 2.75) is 89.1 Å². The Morgan fingerprint density at radius 1 is 1.14 bits per heavy atom. The monoisotopic (exact) mass is 382 g/mol. The summed E-state index contributed by atoms with van der Waals surface area (Å²) in [5.41, 5.74) is 1.36. The zero-order valence-electron chi connectivity index (χ0n) is 17.4. The first-order valence-electron chi connectivity index (χ1n) is 11.2. The second kappa shape index (κ2) is 7.88. The van der Waals surface area contributed by atoms with Gasteiger partial charge in [0.25, 0.3) is 5.91 Å². The molecule has 1 atom stereocenters. The predicted molar refractivity (Wildman–Crippen MR) is 111 cm³/mol. The average Bonchev–Trinajstić information content (AvgIpc) is 3.35. The first-order chi connectivity index (χ1) is 13.5. The van der Waals surface area contributed by atoms with Crippen LogP contribution in [0.1, 0.15) is 93.5 Å². The van der Waals surface area contributed by atoms with Crippen LogP contribution in [0.15, 0.2) is 24.3 Å². The number of fused-ring (bicyclic) bond motifs is 1. The van der Waals surface area contributed by atoms with Crippen molar-refractivity contribution in [1.82, 2.24) is 10.2 Å². The molecule has 0 saturated heterocycles. The molecule has 2 fully saturated rings. The van der Waals surface area contributed by atoms with E-state index >= 15 is 0 Å². The molecule has 2 aliphatic carbocycles. The number of carbonyl (C=O) groups excluding carboxylic acids is 2. The predicted octanol–water partition coefficient (Wildman–Crippen LogP) is 4.64. The van der Waals surface area contributed by atoms with Gasteiger partial charge >= 0.3 is 0 Å². The lowest BCUT2D eigenvalue weighted by molar-refractivity contribution is -0.126. The van der Waals surface area contributed by atoms with E-state index in [2.05, 4.69) is 24.1 Å². The molecule has 1 aromatic carbocycles. The summed E-state index contributed by atoms with van der Waals surface area (Å²) in [4.78, 5) is 29.3. The fraction of sp³-hybridized carbons (Fsp3) is 0.667. The average molecular weight is 383 g/mol. The Kier molecular flexibility index (Phi) is 5.48. The van der Waals surface area contributed by atoms with Crippen molar-refractivity contribution in [3.8, 4) is 0 Å². The van der Waals surface area contributed by atoms with E-state index in [9.17, 15) is 9.59 Å². The maximum absolute atomic E-state index is 13.6. The molecule has 3 aliphatic rings. The van der Waals surface area contributed by atoms with Crippen LogP contribution in [-0.2, 0) is 4.79 Å². The van der Waals surface area contributed by atoms with Gasteiger partial charge in [-0.05, 0) is 49.7 Å². The van der Waals surface area contributed by atoms with Gasteiger partial charge in [0.1, 0.15) is 0 Å². The van der Waals surface area contributed by atoms with Crippen LogP contribution >= 0.6 is 0 Å². The Labute approximate surface area is 169 Å². The summed E-state index contributed by atoms with van der Waals surface area (Å²) in [7, 11) is 0. The molecule has 152 valence electrons. The SMILES string of the molecule is CC(C)CCNC(=O)[C@H]1c2ccccc2C(=O)N(C2CCCC2)C12CCCC2. The molecule has 1 N–H and O–H groups in total. The van der Waals surface area contributed by atoms with E-state index in [0.29, 0.717) is 18.5 Å². The molecule has 2 saturated carbocycles. The molecule has 0 aromatic heterocycles. The Hall–Kier alpha value is -1.84. The molecule has 2 amide bonds. The van der Waals surface area contributed by atoms with Crippen LogP contribution in [0.4, 0.5) is 0 Å². The van der Waals surface area contributed by atoms with Crippen LogP contribution in [0.3, 0.4) is 0 Å². The lowest BCUT2D eigenvalue weighted by atomic mass is 9.70. The fourth-order valence-corrected chi connectivity index (χ4v) is 5.88. The zero-order chi connectivity index (χ0) is 19.7. The molecule has 4 heteroatoms. The number of nitrogens with one attached hydrogen (secondary N) is 1. The lowest BCUT2D eigenvalue weighted by Gasteiger charge is -2.52. The molecule has 1 aromatic rings. The highest BCUT2D eigenvalue weighted by atomic mass is 16.2. The van der Waals surface area contributed by atoms with Gasteiger partial charge in [-0.3, -0.25) is 9.59 Å². The van der Waals surface area contributed by atoms with Crippen LogP contribution in [0.25, 0.3) is 0 Å². The summed E-state index contributed by atoms with van der Waals surface area (Å²) in [6, 6.07) is 8.16. The Balaban J connectivity index is 1.75. The zero-order valence-corrected chi connectivity index (χ0v) is 17.4. The summed E-state index contributed by atoms with van der Waals surface area (Å²) in [5.74, 6) is 0.605. The molecule has 28 heavy (non-hydrogen) atoms. The van der Waals surface area contributed by atoms with Crippen molar-refractivity contribution in [3.63, 3.8) is 0 Å². The topological polar surface area (TPSA) is 49.4 Å². The second-order valence-corrected chi connectivity index (χ2v) is 9.42. The molecule has 1 heterocycles. The van der Waals surface area contributed by atoms with Crippen LogP contribution in [0.2, 0.25) is 0 Å². The lowest BCUT2D eigenvalue weighted by Crippen LogP contribution is -2.63. The van der Waals surface area contributed by atoms with Gasteiger partial charge < -0.3 is 10.2 Å². The number of amides is 2. The van der Waals surface area contributed by atoms with Gasteiger partial charge in [0, 0.05) is 18.2 Å². The first-order valence-corrected chi connectivity index (χ1v) is 11.2. The maximum Gasteiger partial charge on any atom is 0.254 e. The van der Waals surface area contributed by atoms with Gasteiger partial charge in [-0.25, -0.2) is 0 Å². The number of rotatable bonds is 5. The van der Waals surface area contributed by atoms with Crippen LogP contribution in [-0.4, -0.2) is 34.8 Å². The van der Waals surface area contributed by atoms with E-state index in [1.165, 1.54) is 12.8 Å². The third-order valence-electron chi connectivity index (χ3n) is 7.18. The molecule has 4 rings (SSSR count). The summed E-state index contributed by atoms with van der Waals surface area (Å²) in [6.45, 7) is 5.07. The van der Waals surface area contributed by atoms with Gasteiger partial charge in [0.15, 0.2) is 0 Å². The minimum absolute atomic E-state index is 0.116. The molecule has 0 unspecified atom stereocenters. The third-order valence-corrected chi connectivity index (χ3v) is 7.18. The Bertz CT molecular complexity index is 730. The van der Waals surface area contributed by atoms with Crippen molar-refractivity contribution in [1.29, 1.82) is 0 Å². The molecule has 4 nitrogen and oxygen atoms in total. The van der Waals surface area contributed by atoms with Gasteiger partial charge in [0.2, 0.25) is 5.91 Å². The summed E-state index contributed by atoms with van der Waals surface area (Å²) < 4.78 is 0.